The van der Waals surface area contributed by atoms with E-state index in [4.69, 9.17) is 11.6 Å². The summed E-state index contributed by atoms with van der Waals surface area (Å²) in [5.41, 5.74) is 2.65. The second-order valence-electron chi connectivity index (χ2n) is 4.05. The Morgan fingerprint density at radius 3 is 2.80 bits per heavy atom. The number of nitrogens with zero attached hydrogens (tertiary/aromatic N) is 3. The SMILES string of the molecule is Clc1ncccc1NCc1csc(-c2ccccn2)n1. The van der Waals surface area contributed by atoms with Crippen LogP contribution in [0.25, 0.3) is 10.7 Å². The van der Waals surface area contributed by atoms with Crippen molar-refractivity contribution in [3.63, 3.8) is 0 Å². The minimum atomic E-state index is 0.465. The molecule has 3 aromatic heterocycles. The van der Waals surface area contributed by atoms with Crippen LogP contribution in [0.15, 0.2) is 48.1 Å². The van der Waals surface area contributed by atoms with Crippen LogP contribution in [0.3, 0.4) is 0 Å². The Bertz CT molecular complexity index is 699. The first-order valence-corrected chi connectivity index (χ1v) is 7.29. The molecule has 100 valence electrons. The number of rotatable bonds is 4. The Kier molecular flexibility index (Phi) is 3.90. The number of thiazole rings is 1. The van der Waals surface area contributed by atoms with Gasteiger partial charge in [-0.15, -0.1) is 11.3 Å². The van der Waals surface area contributed by atoms with E-state index in [2.05, 4.69) is 20.3 Å². The summed E-state index contributed by atoms with van der Waals surface area (Å²) in [4.78, 5) is 12.9. The van der Waals surface area contributed by atoms with Crippen molar-refractivity contribution in [2.75, 3.05) is 5.32 Å². The fourth-order valence-electron chi connectivity index (χ4n) is 1.70. The van der Waals surface area contributed by atoms with Gasteiger partial charge in [0.25, 0.3) is 0 Å². The zero-order chi connectivity index (χ0) is 13.8. The van der Waals surface area contributed by atoms with Gasteiger partial charge in [-0.3, -0.25) is 4.98 Å². The molecule has 0 bridgehead atoms. The molecule has 6 heteroatoms. The minimum absolute atomic E-state index is 0.465. The van der Waals surface area contributed by atoms with Crippen LogP contribution < -0.4 is 5.32 Å². The Morgan fingerprint density at radius 1 is 1.10 bits per heavy atom. The molecule has 0 atom stereocenters. The molecule has 1 N–H and O–H groups in total. The maximum absolute atomic E-state index is 5.99. The van der Waals surface area contributed by atoms with E-state index in [0.717, 1.165) is 22.1 Å². The van der Waals surface area contributed by atoms with Crippen LogP contribution >= 0.6 is 22.9 Å². The van der Waals surface area contributed by atoms with Gasteiger partial charge in [-0.25, -0.2) is 9.97 Å². The normalized spacial score (nSPS) is 10.4. The van der Waals surface area contributed by atoms with Crippen molar-refractivity contribution in [3.8, 4) is 10.7 Å². The smallest absolute Gasteiger partial charge is 0.152 e. The van der Waals surface area contributed by atoms with E-state index in [0.29, 0.717) is 11.7 Å². The Hall–Kier alpha value is -1.98. The number of halogens is 1. The molecule has 0 aliphatic carbocycles. The molecule has 3 rings (SSSR count). The molecule has 0 amide bonds. The van der Waals surface area contributed by atoms with Gasteiger partial charge in [0.15, 0.2) is 5.15 Å². The summed E-state index contributed by atoms with van der Waals surface area (Å²) in [7, 11) is 0. The Morgan fingerprint density at radius 2 is 2.00 bits per heavy atom. The van der Waals surface area contributed by atoms with Crippen LogP contribution in [-0.2, 0) is 6.54 Å². The lowest BCUT2D eigenvalue weighted by Gasteiger charge is -2.04. The van der Waals surface area contributed by atoms with Crippen molar-refractivity contribution in [2.45, 2.75) is 6.54 Å². The highest BCUT2D eigenvalue weighted by molar-refractivity contribution is 7.13. The highest BCUT2D eigenvalue weighted by atomic mass is 35.5. The number of anilines is 1. The van der Waals surface area contributed by atoms with Gasteiger partial charge in [-0.1, -0.05) is 17.7 Å². The number of hydrogen-bond acceptors (Lipinski definition) is 5. The monoisotopic (exact) mass is 302 g/mol. The second-order valence-corrected chi connectivity index (χ2v) is 5.27. The molecular formula is C14H11ClN4S. The number of aromatic nitrogens is 3. The summed E-state index contributed by atoms with van der Waals surface area (Å²) in [6.07, 6.45) is 3.43. The highest BCUT2D eigenvalue weighted by Gasteiger charge is 2.06. The van der Waals surface area contributed by atoms with Gasteiger partial charge in [-0.05, 0) is 24.3 Å². The van der Waals surface area contributed by atoms with E-state index in [1.807, 2.05) is 35.7 Å². The second kappa shape index (κ2) is 5.98. The molecule has 4 nitrogen and oxygen atoms in total. The van der Waals surface area contributed by atoms with Crippen LogP contribution in [0.1, 0.15) is 5.69 Å². The predicted molar refractivity (Wildman–Crippen MR) is 81.9 cm³/mol. The van der Waals surface area contributed by atoms with Crippen LogP contribution in [0.5, 0.6) is 0 Å². The summed E-state index contributed by atoms with van der Waals surface area (Å²) >= 11 is 7.57. The average molecular weight is 303 g/mol. The third kappa shape index (κ3) is 2.95. The van der Waals surface area contributed by atoms with E-state index < -0.39 is 0 Å². The largest absolute Gasteiger partial charge is 0.377 e. The van der Waals surface area contributed by atoms with Crippen molar-refractivity contribution in [3.05, 3.63) is 59.0 Å². The Balaban J connectivity index is 1.71. The molecule has 0 aliphatic heterocycles. The van der Waals surface area contributed by atoms with Gasteiger partial charge < -0.3 is 5.32 Å². The van der Waals surface area contributed by atoms with Gasteiger partial charge >= 0.3 is 0 Å². The van der Waals surface area contributed by atoms with Crippen molar-refractivity contribution >= 4 is 28.6 Å². The first-order valence-electron chi connectivity index (χ1n) is 6.03. The molecule has 0 radical (unpaired) electrons. The van der Waals surface area contributed by atoms with Crippen molar-refractivity contribution < 1.29 is 0 Å². The lowest BCUT2D eigenvalue weighted by atomic mass is 10.3. The molecule has 0 unspecified atom stereocenters. The van der Waals surface area contributed by atoms with Gasteiger partial charge in [0.1, 0.15) is 5.01 Å². The molecule has 0 saturated heterocycles. The van der Waals surface area contributed by atoms with Crippen LogP contribution in [0.2, 0.25) is 5.15 Å². The molecule has 0 aliphatic rings. The first-order chi connectivity index (χ1) is 9.83. The van der Waals surface area contributed by atoms with Crippen molar-refractivity contribution in [1.29, 1.82) is 0 Å². The summed E-state index contributed by atoms with van der Waals surface area (Å²) in [5.74, 6) is 0. The number of hydrogen-bond donors (Lipinski definition) is 1. The number of nitrogens with one attached hydrogen (secondary N) is 1. The third-order valence-corrected chi connectivity index (χ3v) is 3.87. The van der Waals surface area contributed by atoms with Gasteiger partial charge in [0.05, 0.1) is 23.6 Å². The molecule has 3 heterocycles. The van der Waals surface area contributed by atoms with E-state index in [9.17, 15) is 0 Å². The van der Waals surface area contributed by atoms with E-state index in [-0.39, 0.29) is 0 Å². The van der Waals surface area contributed by atoms with E-state index in [1.165, 1.54) is 0 Å². The average Bonchev–Trinajstić information content (AvgIpc) is 2.96. The topological polar surface area (TPSA) is 50.7 Å². The highest BCUT2D eigenvalue weighted by Crippen LogP contribution is 2.23. The summed E-state index contributed by atoms with van der Waals surface area (Å²) < 4.78 is 0. The standard InChI is InChI=1S/C14H11ClN4S/c15-13-11(5-3-7-17-13)18-8-10-9-20-14(19-10)12-4-1-2-6-16-12/h1-7,9,18H,8H2. The third-order valence-electron chi connectivity index (χ3n) is 2.65. The number of pyridine rings is 2. The zero-order valence-electron chi connectivity index (χ0n) is 10.5. The molecule has 0 aromatic carbocycles. The first kappa shape index (κ1) is 13.0. The zero-order valence-corrected chi connectivity index (χ0v) is 12.0. The molecule has 0 fully saturated rings. The van der Waals surface area contributed by atoms with Gasteiger partial charge in [0.2, 0.25) is 0 Å². The quantitative estimate of drug-likeness (QED) is 0.743. The maximum atomic E-state index is 5.99. The molecule has 20 heavy (non-hydrogen) atoms. The van der Waals surface area contributed by atoms with E-state index in [1.54, 1.807) is 23.7 Å². The van der Waals surface area contributed by atoms with Crippen molar-refractivity contribution in [2.24, 2.45) is 0 Å². The van der Waals surface area contributed by atoms with Gasteiger partial charge in [0, 0.05) is 17.8 Å². The summed E-state index contributed by atoms with van der Waals surface area (Å²) in [6, 6.07) is 9.53. The Labute approximate surface area is 125 Å². The molecular weight excluding hydrogens is 292 g/mol. The fourth-order valence-corrected chi connectivity index (χ4v) is 2.68. The predicted octanol–water partition coefficient (Wildman–Crippen LogP) is 3.87. The minimum Gasteiger partial charge on any atom is -0.377 e. The fraction of sp³-hybridized carbons (Fsp3) is 0.0714. The molecule has 3 aromatic rings. The lowest BCUT2D eigenvalue weighted by molar-refractivity contribution is 1.07. The van der Waals surface area contributed by atoms with Gasteiger partial charge in [-0.2, -0.15) is 0 Å². The molecule has 0 saturated carbocycles. The lowest BCUT2D eigenvalue weighted by Crippen LogP contribution is -2.00. The molecule has 0 spiro atoms. The van der Waals surface area contributed by atoms with Crippen molar-refractivity contribution in [1.82, 2.24) is 15.0 Å². The van der Waals surface area contributed by atoms with Crippen LogP contribution in [-0.4, -0.2) is 15.0 Å². The van der Waals surface area contributed by atoms with Crippen LogP contribution in [0, 0.1) is 0 Å². The summed E-state index contributed by atoms with van der Waals surface area (Å²) in [6.45, 7) is 0.606. The maximum Gasteiger partial charge on any atom is 0.152 e. The van der Waals surface area contributed by atoms with Crippen LogP contribution in [0.4, 0.5) is 5.69 Å². The summed E-state index contributed by atoms with van der Waals surface area (Å²) in [5, 5.41) is 6.62. The van der Waals surface area contributed by atoms with E-state index >= 15 is 0 Å².